The van der Waals surface area contributed by atoms with Gasteiger partial charge >= 0.3 is 0 Å². The van der Waals surface area contributed by atoms with E-state index in [2.05, 4.69) is 5.32 Å². The van der Waals surface area contributed by atoms with Crippen LogP contribution in [0.2, 0.25) is 0 Å². The average Bonchev–Trinajstić information content (AvgIpc) is 2.23. The van der Waals surface area contributed by atoms with Crippen LogP contribution in [0.4, 0.5) is 0 Å². The Labute approximate surface area is 90.6 Å². The maximum absolute atomic E-state index is 12.0. The summed E-state index contributed by atoms with van der Waals surface area (Å²) >= 11 is 0. The van der Waals surface area contributed by atoms with E-state index in [0.717, 1.165) is 38.9 Å². The molecule has 0 aromatic carbocycles. The van der Waals surface area contributed by atoms with Gasteiger partial charge in [-0.2, -0.15) is 0 Å². The van der Waals surface area contributed by atoms with Gasteiger partial charge in [0, 0.05) is 13.0 Å². The number of carbonyl (C=O) groups is 1. The van der Waals surface area contributed by atoms with Crippen molar-refractivity contribution < 1.29 is 9.90 Å². The largest absolute Gasteiger partial charge is 0.394 e. The molecule has 2 saturated heterocycles. The molecule has 0 radical (unpaired) electrons. The summed E-state index contributed by atoms with van der Waals surface area (Å²) in [6, 6.07) is 0.0827. The first-order chi connectivity index (χ1) is 7.31. The predicted octanol–water partition coefficient (Wildman–Crippen LogP) is -0.0307. The predicted molar refractivity (Wildman–Crippen MR) is 57.4 cm³/mol. The van der Waals surface area contributed by atoms with E-state index in [4.69, 9.17) is 0 Å². The van der Waals surface area contributed by atoms with Crippen LogP contribution in [0.15, 0.2) is 0 Å². The summed E-state index contributed by atoms with van der Waals surface area (Å²) in [5, 5.41) is 12.4. The molecule has 2 rings (SSSR count). The van der Waals surface area contributed by atoms with Crippen LogP contribution in [0.1, 0.15) is 25.7 Å². The van der Waals surface area contributed by atoms with E-state index in [1.165, 1.54) is 0 Å². The van der Waals surface area contributed by atoms with Gasteiger partial charge in [-0.05, 0) is 38.3 Å². The third-order valence-corrected chi connectivity index (χ3v) is 3.49. The maximum atomic E-state index is 12.0. The van der Waals surface area contributed by atoms with Crippen LogP contribution < -0.4 is 5.32 Å². The summed E-state index contributed by atoms with van der Waals surface area (Å²) < 4.78 is 0. The molecule has 0 bridgehead atoms. The molecule has 1 atom stereocenters. The van der Waals surface area contributed by atoms with Crippen molar-refractivity contribution in [1.29, 1.82) is 0 Å². The lowest BCUT2D eigenvalue weighted by molar-refractivity contribution is -0.137. The van der Waals surface area contributed by atoms with Gasteiger partial charge in [-0.15, -0.1) is 0 Å². The standard InChI is InChI=1S/C11H20N2O2/c14-8-10-3-1-2-4-13(10)11(15)5-9-6-12-7-9/h9-10,12,14H,1-8H2. The minimum Gasteiger partial charge on any atom is -0.394 e. The number of aliphatic hydroxyl groups excluding tert-OH is 1. The summed E-state index contributed by atoms with van der Waals surface area (Å²) in [5.41, 5.74) is 0. The Morgan fingerprint density at radius 1 is 1.40 bits per heavy atom. The van der Waals surface area contributed by atoms with Gasteiger partial charge in [-0.25, -0.2) is 0 Å². The van der Waals surface area contributed by atoms with E-state index < -0.39 is 0 Å². The van der Waals surface area contributed by atoms with Gasteiger partial charge in [0.2, 0.25) is 5.91 Å². The number of amides is 1. The number of likely N-dealkylation sites (tertiary alicyclic amines) is 1. The molecule has 4 nitrogen and oxygen atoms in total. The topological polar surface area (TPSA) is 52.6 Å². The number of carbonyl (C=O) groups excluding carboxylic acids is 1. The Morgan fingerprint density at radius 2 is 2.20 bits per heavy atom. The molecule has 0 aromatic heterocycles. The van der Waals surface area contributed by atoms with Crippen LogP contribution in [0.3, 0.4) is 0 Å². The third kappa shape index (κ3) is 2.49. The fraction of sp³-hybridized carbons (Fsp3) is 0.909. The van der Waals surface area contributed by atoms with Crippen LogP contribution in [-0.4, -0.2) is 48.2 Å². The molecule has 4 heteroatoms. The first kappa shape index (κ1) is 10.9. The Balaban J connectivity index is 1.85. The second-order valence-corrected chi connectivity index (χ2v) is 4.65. The SMILES string of the molecule is O=C(CC1CNC1)N1CCCCC1CO. The van der Waals surface area contributed by atoms with Crippen LogP contribution in [0.5, 0.6) is 0 Å². The monoisotopic (exact) mass is 212 g/mol. The molecule has 2 fully saturated rings. The van der Waals surface area contributed by atoms with E-state index in [9.17, 15) is 9.90 Å². The van der Waals surface area contributed by atoms with Crippen LogP contribution in [0, 0.1) is 5.92 Å². The Bertz CT molecular complexity index is 229. The first-order valence-corrected chi connectivity index (χ1v) is 5.92. The number of piperidine rings is 1. The molecule has 2 aliphatic rings. The highest BCUT2D eigenvalue weighted by Gasteiger charge is 2.29. The molecule has 2 heterocycles. The van der Waals surface area contributed by atoms with Gasteiger partial charge in [0.25, 0.3) is 0 Å². The van der Waals surface area contributed by atoms with Crippen molar-refractivity contribution >= 4 is 5.91 Å². The van der Waals surface area contributed by atoms with Crippen LogP contribution in [0.25, 0.3) is 0 Å². The zero-order valence-electron chi connectivity index (χ0n) is 9.11. The van der Waals surface area contributed by atoms with Gasteiger partial charge in [0.15, 0.2) is 0 Å². The Hall–Kier alpha value is -0.610. The Kier molecular flexibility index (Phi) is 3.59. The average molecular weight is 212 g/mol. The summed E-state index contributed by atoms with van der Waals surface area (Å²) in [6.07, 6.45) is 3.85. The van der Waals surface area contributed by atoms with E-state index in [1.807, 2.05) is 4.90 Å². The minimum absolute atomic E-state index is 0.0827. The number of nitrogens with one attached hydrogen (secondary N) is 1. The minimum atomic E-state index is 0.0827. The lowest BCUT2D eigenvalue weighted by atomic mass is 9.96. The third-order valence-electron chi connectivity index (χ3n) is 3.49. The summed E-state index contributed by atoms with van der Waals surface area (Å²) in [7, 11) is 0. The van der Waals surface area contributed by atoms with Crippen molar-refractivity contribution in [2.45, 2.75) is 31.7 Å². The molecule has 2 aliphatic heterocycles. The first-order valence-electron chi connectivity index (χ1n) is 5.92. The summed E-state index contributed by atoms with van der Waals surface area (Å²) in [6.45, 7) is 2.91. The van der Waals surface area contributed by atoms with E-state index in [0.29, 0.717) is 12.3 Å². The van der Waals surface area contributed by atoms with Gasteiger partial charge in [0.1, 0.15) is 0 Å². The molecular weight excluding hydrogens is 192 g/mol. The van der Waals surface area contributed by atoms with E-state index in [1.54, 1.807) is 0 Å². The number of nitrogens with zero attached hydrogens (tertiary/aromatic N) is 1. The summed E-state index contributed by atoms with van der Waals surface area (Å²) in [5.74, 6) is 0.763. The van der Waals surface area contributed by atoms with Crippen molar-refractivity contribution in [1.82, 2.24) is 10.2 Å². The fourth-order valence-electron chi connectivity index (χ4n) is 2.38. The van der Waals surface area contributed by atoms with Crippen molar-refractivity contribution in [3.63, 3.8) is 0 Å². The number of aliphatic hydroxyl groups is 1. The highest BCUT2D eigenvalue weighted by atomic mass is 16.3. The number of rotatable bonds is 3. The second-order valence-electron chi connectivity index (χ2n) is 4.65. The second kappa shape index (κ2) is 4.94. The van der Waals surface area contributed by atoms with Gasteiger partial charge in [-0.1, -0.05) is 0 Å². The quantitative estimate of drug-likeness (QED) is 0.690. The molecule has 15 heavy (non-hydrogen) atoms. The molecule has 86 valence electrons. The maximum Gasteiger partial charge on any atom is 0.223 e. The smallest absolute Gasteiger partial charge is 0.223 e. The van der Waals surface area contributed by atoms with E-state index >= 15 is 0 Å². The molecule has 1 amide bonds. The fourth-order valence-corrected chi connectivity index (χ4v) is 2.38. The summed E-state index contributed by atoms with van der Waals surface area (Å²) in [4.78, 5) is 13.8. The van der Waals surface area contributed by atoms with E-state index in [-0.39, 0.29) is 18.6 Å². The molecule has 0 spiro atoms. The number of hydrogen-bond acceptors (Lipinski definition) is 3. The molecule has 2 N–H and O–H groups in total. The van der Waals surface area contributed by atoms with Crippen molar-refractivity contribution in [3.05, 3.63) is 0 Å². The molecule has 1 unspecified atom stereocenters. The number of hydrogen-bond donors (Lipinski definition) is 2. The lowest BCUT2D eigenvalue weighted by Crippen LogP contribution is -2.49. The van der Waals surface area contributed by atoms with Crippen molar-refractivity contribution in [3.8, 4) is 0 Å². The lowest BCUT2D eigenvalue weighted by Gasteiger charge is -2.36. The van der Waals surface area contributed by atoms with Crippen molar-refractivity contribution in [2.75, 3.05) is 26.2 Å². The highest BCUT2D eigenvalue weighted by Crippen LogP contribution is 2.19. The van der Waals surface area contributed by atoms with Gasteiger partial charge in [-0.3, -0.25) is 4.79 Å². The Morgan fingerprint density at radius 3 is 2.80 bits per heavy atom. The molecule has 0 aromatic rings. The van der Waals surface area contributed by atoms with Crippen LogP contribution in [-0.2, 0) is 4.79 Å². The molecule has 0 saturated carbocycles. The zero-order valence-corrected chi connectivity index (χ0v) is 9.11. The highest BCUT2D eigenvalue weighted by molar-refractivity contribution is 5.77. The van der Waals surface area contributed by atoms with Gasteiger partial charge < -0.3 is 15.3 Å². The molecular formula is C11H20N2O2. The van der Waals surface area contributed by atoms with Crippen molar-refractivity contribution in [2.24, 2.45) is 5.92 Å². The molecule has 0 aliphatic carbocycles. The normalized spacial score (nSPS) is 27.5. The van der Waals surface area contributed by atoms with Crippen LogP contribution >= 0.6 is 0 Å². The zero-order chi connectivity index (χ0) is 10.7. The van der Waals surface area contributed by atoms with Gasteiger partial charge in [0.05, 0.1) is 12.6 Å².